The number of rotatable bonds is 17. The van der Waals surface area contributed by atoms with Crippen LogP contribution in [0.4, 0.5) is 4.79 Å². The van der Waals surface area contributed by atoms with E-state index in [1.54, 1.807) is 0 Å². The number of carbonyl (C=O) groups excluding carboxylic acids is 7. The van der Waals surface area contributed by atoms with Crippen molar-refractivity contribution in [3.05, 3.63) is 239 Å². The van der Waals surface area contributed by atoms with Gasteiger partial charge in [-0.1, -0.05) is 256 Å². The van der Waals surface area contributed by atoms with Gasteiger partial charge in [-0.15, -0.1) is 0 Å². The minimum atomic E-state index is -0.462. The monoisotopic (exact) mass is 1650 g/mol. The summed E-state index contributed by atoms with van der Waals surface area (Å²) in [4.78, 5) is 98.3. The molecular weight excluding hydrogens is 1510 g/mol. The zero-order valence-electron chi connectivity index (χ0n) is 75.5. The van der Waals surface area contributed by atoms with Crippen LogP contribution in [0.1, 0.15) is 233 Å². The molecule has 2 aliphatic carbocycles. The van der Waals surface area contributed by atoms with Crippen molar-refractivity contribution in [1.29, 1.82) is 0 Å². The van der Waals surface area contributed by atoms with Gasteiger partial charge in [0.1, 0.15) is 28.7 Å². The molecule has 1 amide bonds. The number of fused-ring (bicyclic) bond motifs is 2. The smallest absolute Gasteiger partial charge is 0.857 e. The molecule has 0 radical (unpaired) electrons. The number of benzene rings is 6. The van der Waals surface area contributed by atoms with Crippen molar-refractivity contribution in [2.45, 2.75) is 231 Å². The summed E-state index contributed by atoms with van der Waals surface area (Å²) in [6.07, 6.45) is 11.1. The molecule has 5 heterocycles. The zero-order valence-corrected chi connectivity index (χ0v) is 78.5. The summed E-state index contributed by atoms with van der Waals surface area (Å²) in [5.41, 5.74) is 16.5. The van der Waals surface area contributed by atoms with Gasteiger partial charge in [0.2, 0.25) is 0 Å². The van der Waals surface area contributed by atoms with Crippen molar-refractivity contribution in [1.82, 2.24) is 24.5 Å². The summed E-state index contributed by atoms with van der Waals surface area (Å²) in [6.45, 7) is 47.0. The first-order valence-corrected chi connectivity index (χ1v) is 43.0. The van der Waals surface area contributed by atoms with E-state index in [-0.39, 0.29) is 100 Å². The number of hydrogen-bond acceptors (Lipinski definition) is 15. The van der Waals surface area contributed by atoms with E-state index >= 15 is 0 Å². The summed E-state index contributed by atoms with van der Waals surface area (Å²) in [6, 6.07) is 63.3. The summed E-state index contributed by atoms with van der Waals surface area (Å²) in [5, 5.41) is 8.25. The molecule has 8 atom stereocenters. The second-order valence-corrected chi connectivity index (χ2v) is 35.5. The third kappa shape index (κ3) is 34.3. The SMILES string of the molecule is C=CC(=O)CC.CC(C)(C)OC(=O)N1CCC2C(C)(C)C(=O)CC[C@@]2(C)C1.CC1=C2CCN(Cc3ccccc3)C[C@]2(C)CCC1=O.CC1CN(Cc2ccccc2)CCC1=N[C@@H](C)c1ccccc1.CC1CN(Cc2ccccc2)CCC1=O.CCC(=O)CC[C@@]1(C)CN(Cc2ccccc2)CCC1=O.C[C@H](N)c1ccccc1.C[O-].S.[Na+]. The summed E-state index contributed by atoms with van der Waals surface area (Å²) < 4.78 is 5.50. The Hall–Kier alpha value is -7.13. The molecule has 3 unspecified atom stereocenters. The molecule has 0 aromatic heterocycles. The fourth-order valence-electron chi connectivity index (χ4n) is 17.3. The number of hydrogen-bond donors (Lipinski definition) is 1. The van der Waals surface area contributed by atoms with E-state index < -0.39 is 5.60 Å². The number of nitrogens with two attached hydrogens (primary N) is 1. The average molecular weight is 1660 g/mol. The van der Waals surface area contributed by atoms with Gasteiger partial charge in [0, 0.05) is 176 Å². The first-order chi connectivity index (χ1) is 55.7. The Bertz CT molecular complexity index is 4130. The number of allylic oxidation sites excluding steroid dienone is 2. The quantitative estimate of drug-likeness (QED) is 0.0666. The molecule has 13 rings (SSSR count). The van der Waals surface area contributed by atoms with E-state index in [2.05, 4.69) is 195 Å². The van der Waals surface area contributed by atoms with E-state index in [1.807, 2.05) is 122 Å². The van der Waals surface area contributed by atoms with Crippen LogP contribution in [0.3, 0.4) is 0 Å². The molecule has 0 bridgehead atoms. The largest absolute Gasteiger partial charge is 1.00 e. The van der Waals surface area contributed by atoms with Gasteiger partial charge >= 0.3 is 35.7 Å². The number of Topliss-reactive ketones (excluding diaryl/α,β-unsaturated/α-hetero) is 5. The molecule has 18 heteroatoms. The Labute approximate surface area is 745 Å². The first-order valence-electron chi connectivity index (χ1n) is 43.0. The molecule has 5 saturated heterocycles. The molecular formula is C101H144N7NaO9S. The van der Waals surface area contributed by atoms with E-state index in [0.717, 1.165) is 130 Å². The molecule has 6 aromatic rings. The van der Waals surface area contributed by atoms with E-state index in [0.29, 0.717) is 93.0 Å². The van der Waals surface area contributed by atoms with Gasteiger partial charge < -0.3 is 20.5 Å². The molecule has 6 aromatic carbocycles. The van der Waals surface area contributed by atoms with Gasteiger partial charge in [0.05, 0.1) is 6.04 Å². The van der Waals surface area contributed by atoms with E-state index in [4.69, 9.17) is 20.6 Å². The van der Waals surface area contributed by atoms with Crippen LogP contribution in [0.2, 0.25) is 0 Å². The molecule has 119 heavy (non-hydrogen) atoms. The second-order valence-electron chi connectivity index (χ2n) is 35.5. The van der Waals surface area contributed by atoms with Gasteiger partial charge in [0.25, 0.3) is 0 Å². The number of ketones is 6. The van der Waals surface area contributed by atoms with Crippen LogP contribution in [0.5, 0.6) is 0 Å². The maximum Gasteiger partial charge on any atom is 1.00 e. The normalized spacial score (nSPS) is 23.1. The third-order valence-electron chi connectivity index (χ3n) is 24.3. The third-order valence-corrected chi connectivity index (χ3v) is 24.3. The average Bonchev–Trinajstić information content (AvgIpc) is 0.747. The molecule has 7 aliphatic rings. The number of likely N-dealkylation sites (tertiary alicyclic amines) is 5. The first kappa shape index (κ1) is 104. The Morgan fingerprint density at radius 2 is 1.02 bits per heavy atom. The second kappa shape index (κ2) is 51.7. The topological polar surface area (TPSA) is 206 Å². The fraction of sp³-hybridized carbons (Fsp3) is 0.525. The van der Waals surface area contributed by atoms with Gasteiger partial charge in [-0.05, 0) is 136 Å². The number of piperidine rings is 5. The molecule has 16 nitrogen and oxygen atoms in total. The maximum absolute atomic E-state index is 12.3. The van der Waals surface area contributed by atoms with Crippen LogP contribution in [0.15, 0.2) is 211 Å². The van der Waals surface area contributed by atoms with Gasteiger partial charge in [-0.3, -0.25) is 53.4 Å². The summed E-state index contributed by atoms with van der Waals surface area (Å²) >= 11 is 0. The number of nitrogens with zero attached hydrogens (tertiary/aromatic N) is 6. The minimum Gasteiger partial charge on any atom is -0.857 e. The standard InChI is InChI=1S/C21H26N2.C18H25NO2.C18H23NO.C17H29NO3.C13H17NO.C8H11N.C5H8O.CH3O.Na.H2S/c1-17-15-23(16-19-9-5-3-6-10-19)14-13-21(17)22-18(2)20-11-7-4-8-12-20;1-3-16(20)9-11-18(2)14-19(12-10-17(18)21)13-15-7-5-4-6-8-15;1-14-16-9-11-19(12-15-6-4-3-5-7-15)13-18(16,2)10-8-17(14)20;1-15(2,3)21-14(20)18-10-8-12-16(4,5)13(19)7-9-17(12,6)11-18;1-11-9-14(8-7-13(11)15)10-12-5-3-2-4-6-12;1-7(9)8-5-3-2-4-6-8;1-3-5(6)4-2;1-2;;/h3-12,17-18H,13-16H2,1-2H3;4-8H,3,9-14H2,1-2H3;3-7H,8-13H2,1-2H3;12H,7-11H2,1-6H3;2-6,11H,7-10H2,1H3;2-7H,9H2,1H3;3H,1,4H2,2H3;1H3;;1H2/q;;;;;;;-1;+1;/t17?,18-;2*18-;12?,17-;;7-;;;;/m0000.0..../s1. The van der Waals surface area contributed by atoms with Gasteiger partial charge in [0.15, 0.2) is 11.6 Å². The zero-order chi connectivity index (χ0) is 85.9. The minimum absolute atomic E-state index is 0. The van der Waals surface area contributed by atoms with Crippen molar-refractivity contribution >= 4 is 60.0 Å². The Balaban J connectivity index is 0.000000298. The predicted molar refractivity (Wildman–Crippen MR) is 487 cm³/mol. The molecule has 644 valence electrons. The summed E-state index contributed by atoms with van der Waals surface area (Å²) in [5.74, 6) is 2.94. The number of carbonyl (C=O) groups is 7. The number of ether oxygens (including phenoxy) is 1. The fourth-order valence-corrected chi connectivity index (χ4v) is 17.3. The van der Waals surface area contributed by atoms with Crippen LogP contribution in [0.25, 0.3) is 0 Å². The van der Waals surface area contributed by atoms with Crippen molar-refractivity contribution in [3.8, 4) is 0 Å². The Kier molecular flexibility index (Phi) is 45.3. The van der Waals surface area contributed by atoms with Crippen LogP contribution >= 0.6 is 13.5 Å². The van der Waals surface area contributed by atoms with Crippen molar-refractivity contribution < 1.29 is 73.0 Å². The molecule has 2 N–H and O–H groups in total. The van der Waals surface area contributed by atoms with Crippen LogP contribution in [-0.2, 0) is 59.7 Å². The summed E-state index contributed by atoms with van der Waals surface area (Å²) in [7, 11) is 0.750. The van der Waals surface area contributed by atoms with E-state index in [9.17, 15) is 33.6 Å². The molecule has 5 aliphatic heterocycles. The van der Waals surface area contributed by atoms with Crippen LogP contribution in [0, 0.1) is 39.4 Å². The maximum atomic E-state index is 12.3. The number of aliphatic imine (C=N–C) groups is 1. The molecule has 0 spiro atoms. The van der Waals surface area contributed by atoms with Gasteiger partial charge in [-0.2, -0.15) is 20.6 Å². The van der Waals surface area contributed by atoms with Crippen molar-refractivity contribution in [2.24, 2.45) is 50.1 Å². The van der Waals surface area contributed by atoms with Gasteiger partial charge in [-0.25, -0.2) is 4.79 Å². The van der Waals surface area contributed by atoms with Crippen LogP contribution < -0.4 is 40.4 Å². The van der Waals surface area contributed by atoms with Crippen molar-refractivity contribution in [2.75, 3.05) is 72.6 Å². The Morgan fingerprint density at radius 3 is 1.45 bits per heavy atom. The number of amides is 1. The van der Waals surface area contributed by atoms with Crippen LogP contribution in [-0.4, -0.2) is 149 Å². The van der Waals surface area contributed by atoms with E-state index in [1.165, 1.54) is 50.7 Å². The predicted octanol–water partition coefficient (Wildman–Crippen LogP) is 16.2. The molecule has 1 saturated carbocycles. The molecule has 6 fully saturated rings. The van der Waals surface area contributed by atoms with Crippen molar-refractivity contribution in [3.63, 3.8) is 0 Å². The Morgan fingerprint density at radius 1 is 0.571 bits per heavy atom.